The number of hydrogen-bond donors (Lipinski definition) is 0. The Labute approximate surface area is 133 Å². The molecule has 0 saturated heterocycles. The maximum atomic E-state index is 2.61. The van der Waals surface area contributed by atoms with Crippen LogP contribution in [-0.4, -0.2) is 36.0 Å². The molecular formula is C20H24N2. The zero-order valence-corrected chi connectivity index (χ0v) is 13.2. The minimum Gasteiger partial charge on any atom is -0.297 e. The van der Waals surface area contributed by atoms with Crippen molar-refractivity contribution in [3.63, 3.8) is 0 Å². The average Bonchev–Trinajstić information content (AvgIpc) is 2.59. The van der Waals surface area contributed by atoms with E-state index in [1.165, 1.54) is 50.1 Å². The van der Waals surface area contributed by atoms with Crippen LogP contribution in [-0.2, 0) is 25.9 Å². The number of fused-ring (bicyclic) bond motifs is 2. The molecule has 0 fully saturated rings. The van der Waals surface area contributed by atoms with Crippen LogP contribution < -0.4 is 0 Å². The third-order valence-corrected chi connectivity index (χ3v) is 5.15. The number of benzene rings is 2. The summed E-state index contributed by atoms with van der Waals surface area (Å²) in [5.41, 5.74) is 6.15. The van der Waals surface area contributed by atoms with Gasteiger partial charge in [-0.25, -0.2) is 0 Å². The first-order valence-corrected chi connectivity index (χ1v) is 8.47. The van der Waals surface area contributed by atoms with Crippen LogP contribution in [0.5, 0.6) is 0 Å². The topological polar surface area (TPSA) is 6.48 Å². The number of nitrogens with zero attached hydrogens (tertiary/aromatic N) is 2. The largest absolute Gasteiger partial charge is 0.297 e. The van der Waals surface area contributed by atoms with E-state index in [1.807, 2.05) is 0 Å². The summed E-state index contributed by atoms with van der Waals surface area (Å²) in [6.07, 6.45) is 2.41. The lowest BCUT2D eigenvalue weighted by atomic mass is 9.99. The van der Waals surface area contributed by atoms with Crippen molar-refractivity contribution < 1.29 is 0 Å². The highest BCUT2D eigenvalue weighted by molar-refractivity contribution is 5.30. The molecule has 0 aromatic heterocycles. The highest BCUT2D eigenvalue weighted by Gasteiger charge is 2.19. The van der Waals surface area contributed by atoms with Crippen molar-refractivity contribution >= 4 is 0 Å². The highest BCUT2D eigenvalue weighted by atomic mass is 15.2. The molecule has 0 aliphatic carbocycles. The minimum atomic E-state index is 1.13. The number of hydrogen-bond acceptors (Lipinski definition) is 2. The highest BCUT2D eigenvalue weighted by Crippen LogP contribution is 2.20. The number of rotatable bonds is 3. The molecule has 2 aromatic rings. The first-order chi connectivity index (χ1) is 10.9. The Kier molecular flexibility index (Phi) is 3.96. The summed E-state index contributed by atoms with van der Waals surface area (Å²) >= 11 is 0. The summed E-state index contributed by atoms with van der Waals surface area (Å²) in [5.74, 6) is 0. The van der Waals surface area contributed by atoms with Crippen LogP contribution in [0.4, 0.5) is 0 Å². The lowest BCUT2D eigenvalue weighted by molar-refractivity contribution is 0.183. The standard InChI is InChI=1S/C20H24N2/c1-3-7-19-15-21(11-9-17(19)5-1)13-14-22-12-10-18-6-2-4-8-20(18)16-22/h1-8H,9-16H2. The molecule has 2 aromatic carbocycles. The third-order valence-electron chi connectivity index (χ3n) is 5.15. The van der Waals surface area contributed by atoms with Gasteiger partial charge in [0.2, 0.25) is 0 Å². The quantitative estimate of drug-likeness (QED) is 0.858. The minimum absolute atomic E-state index is 1.13. The van der Waals surface area contributed by atoms with E-state index in [0.717, 1.165) is 13.1 Å². The Morgan fingerprint density at radius 1 is 0.591 bits per heavy atom. The van der Waals surface area contributed by atoms with Crippen molar-refractivity contribution in [2.45, 2.75) is 25.9 Å². The normalized spacial score (nSPS) is 18.7. The molecule has 22 heavy (non-hydrogen) atoms. The summed E-state index contributed by atoms with van der Waals surface area (Å²) < 4.78 is 0. The van der Waals surface area contributed by atoms with Gasteiger partial charge in [0.05, 0.1) is 0 Å². The molecular weight excluding hydrogens is 268 g/mol. The van der Waals surface area contributed by atoms with Gasteiger partial charge in [-0.05, 0) is 35.1 Å². The van der Waals surface area contributed by atoms with E-state index in [4.69, 9.17) is 0 Å². The van der Waals surface area contributed by atoms with Crippen LogP contribution in [0.1, 0.15) is 22.3 Å². The van der Waals surface area contributed by atoms with Gasteiger partial charge in [0, 0.05) is 39.3 Å². The predicted molar refractivity (Wildman–Crippen MR) is 90.8 cm³/mol. The van der Waals surface area contributed by atoms with Crippen LogP contribution in [0.15, 0.2) is 48.5 Å². The molecule has 0 amide bonds. The van der Waals surface area contributed by atoms with E-state index in [2.05, 4.69) is 58.3 Å². The fourth-order valence-corrected chi connectivity index (χ4v) is 3.77. The fourth-order valence-electron chi connectivity index (χ4n) is 3.77. The zero-order chi connectivity index (χ0) is 14.8. The van der Waals surface area contributed by atoms with Gasteiger partial charge in [0.25, 0.3) is 0 Å². The van der Waals surface area contributed by atoms with Crippen molar-refractivity contribution in [1.82, 2.24) is 9.80 Å². The van der Waals surface area contributed by atoms with Crippen molar-refractivity contribution in [2.75, 3.05) is 26.2 Å². The predicted octanol–water partition coefficient (Wildman–Crippen LogP) is 3.10. The molecule has 2 heteroatoms. The summed E-state index contributed by atoms with van der Waals surface area (Å²) in [4.78, 5) is 5.23. The van der Waals surface area contributed by atoms with Gasteiger partial charge in [0.1, 0.15) is 0 Å². The molecule has 0 N–H and O–H groups in total. The summed E-state index contributed by atoms with van der Waals surface area (Å²) in [5, 5.41) is 0. The Morgan fingerprint density at radius 3 is 1.45 bits per heavy atom. The van der Waals surface area contributed by atoms with Crippen molar-refractivity contribution in [1.29, 1.82) is 0 Å². The zero-order valence-electron chi connectivity index (χ0n) is 13.2. The molecule has 114 valence electrons. The lowest BCUT2D eigenvalue weighted by Crippen LogP contribution is -2.39. The Morgan fingerprint density at radius 2 is 1.00 bits per heavy atom. The van der Waals surface area contributed by atoms with E-state index < -0.39 is 0 Å². The summed E-state index contributed by atoms with van der Waals surface area (Å²) in [6.45, 7) is 7.05. The smallest absolute Gasteiger partial charge is 0.0237 e. The Balaban J connectivity index is 1.33. The van der Waals surface area contributed by atoms with Crippen molar-refractivity contribution in [3.8, 4) is 0 Å². The van der Waals surface area contributed by atoms with Crippen LogP contribution in [0.2, 0.25) is 0 Å². The second-order valence-electron chi connectivity index (χ2n) is 6.59. The molecule has 0 bridgehead atoms. The monoisotopic (exact) mass is 292 g/mol. The van der Waals surface area contributed by atoms with Crippen LogP contribution in [0.3, 0.4) is 0 Å². The van der Waals surface area contributed by atoms with Crippen molar-refractivity contribution in [2.24, 2.45) is 0 Å². The van der Waals surface area contributed by atoms with E-state index in [1.54, 1.807) is 11.1 Å². The van der Waals surface area contributed by atoms with Gasteiger partial charge in [-0.3, -0.25) is 9.80 Å². The Bertz CT molecular complexity index is 592. The molecule has 2 heterocycles. The van der Waals surface area contributed by atoms with E-state index in [-0.39, 0.29) is 0 Å². The maximum Gasteiger partial charge on any atom is 0.0237 e. The Hall–Kier alpha value is -1.64. The molecule has 0 atom stereocenters. The van der Waals surface area contributed by atoms with Crippen LogP contribution in [0.25, 0.3) is 0 Å². The van der Waals surface area contributed by atoms with Gasteiger partial charge in [-0.1, -0.05) is 48.5 Å². The molecule has 0 unspecified atom stereocenters. The molecule has 0 spiro atoms. The fraction of sp³-hybridized carbons (Fsp3) is 0.400. The maximum absolute atomic E-state index is 2.61. The van der Waals surface area contributed by atoms with E-state index >= 15 is 0 Å². The van der Waals surface area contributed by atoms with Crippen molar-refractivity contribution in [3.05, 3.63) is 70.8 Å². The van der Waals surface area contributed by atoms with Crippen LogP contribution in [0, 0.1) is 0 Å². The second-order valence-corrected chi connectivity index (χ2v) is 6.59. The summed E-state index contributed by atoms with van der Waals surface area (Å²) in [7, 11) is 0. The molecule has 0 radical (unpaired) electrons. The second kappa shape index (κ2) is 6.23. The SMILES string of the molecule is c1ccc2c(c1)CCN(CCN1CCc3ccccc3C1)C2. The van der Waals surface area contributed by atoms with E-state index in [0.29, 0.717) is 0 Å². The third kappa shape index (κ3) is 2.94. The molecule has 4 rings (SSSR count). The molecule has 2 aliphatic heterocycles. The van der Waals surface area contributed by atoms with Gasteiger partial charge in [-0.15, -0.1) is 0 Å². The summed E-state index contributed by atoms with van der Waals surface area (Å²) in [6, 6.07) is 17.8. The van der Waals surface area contributed by atoms with Crippen LogP contribution >= 0.6 is 0 Å². The molecule has 2 aliphatic rings. The van der Waals surface area contributed by atoms with Gasteiger partial charge in [0.15, 0.2) is 0 Å². The lowest BCUT2D eigenvalue weighted by Gasteiger charge is -2.33. The van der Waals surface area contributed by atoms with Gasteiger partial charge in [-0.2, -0.15) is 0 Å². The van der Waals surface area contributed by atoms with E-state index in [9.17, 15) is 0 Å². The van der Waals surface area contributed by atoms with Gasteiger partial charge < -0.3 is 0 Å². The first-order valence-electron chi connectivity index (χ1n) is 8.47. The first kappa shape index (κ1) is 14.0. The molecule has 2 nitrogen and oxygen atoms in total. The average molecular weight is 292 g/mol. The molecule has 0 saturated carbocycles. The van der Waals surface area contributed by atoms with Gasteiger partial charge >= 0.3 is 0 Å².